The highest BCUT2D eigenvalue weighted by Gasteiger charge is 2.21. The third kappa shape index (κ3) is 4.57. The molecule has 0 bridgehead atoms. The molecular formula is C22H24N10. The minimum Gasteiger partial charge on any atom is -0.286 e. The molecule has 0 atom stereocenters. The van der Waals surface area contributed by atoms with E-state index in [9.17, 15) is 0 Å². The molecule has 0 radical (unpaired) electrons. The summed E-state index contributed by atoms with van der Waals surface area (Å²) in [5.74, 6) is 0. The average Bonchev–Trinajstić information content (AvgIpc) is 3.53. The molecule has 1 saturated carbocycles. The number of aromatic nitrogens is 9. The minimum absolute atomic E-state index is 0.543. The van der Waals surface area contributed by atoms with Gasteiger partial charge in [0.05, 0.1) is 53.8 Å². The van der Waals surface area contributed by atoms with Crippen molar-refractivity contribution >= 4 is 5.52 Å². The van der Waals surface area contributed by atoms with Crippen molar-refractivity contribution < 1.29 is 0 Å². The lowest BCUT2D eigenvalue weighted by Crippen LogP contribution is -2.16. The van der Waals surface area contributed by atoms with Crippen LogP contribution in [0.3, 0.4) is 0 Å². The molecule has 5 aromatic rings. The lowest BCUT2D eigenvalue weighted by Gasteiger charge is -2.25. The molecule has 0 unspecified atom stereocenters. The quantitative estimate of drug-likeness (QED) is 0.468. The van der Waals surface area contributed by atoms with Crippen molar-refractivity contribution in [3.8, 4) is 28.6 Å². The van der Waals surface area contributed by atoms with Gasteiger partial charge < -0.3 is 0 Å². The minimum atomic E-state index is 0.543. The van der Waals surface area contributed by atoms with E-state index in [0.29, 0.717) is 6.04 Å². The van der Waals surface area contributed by atoms with Crippen molar-refractivity contribution in [2.75, 3.05) is 0 Å². The van der Waals surface area contributed by atoms with Crippen LogP contribution in [0.25, 0.3) is 28.0 Å². The number of nitrogens with one attached hydrogen (secondary N) is 1. The zero-order chi connectivity index (χ0) is 22.3. The maximum absolute atomic E-state index is 7.32. The predicted molar refractivity (Wildman–Crippen MR) is 119 cm³/mol. The molecule has 10 heteroatoms. The molecule has 32 heavy (non-hydrogen) atoms. The first kappa shape index (κ1) is 21.0. The molecule has 10 nitrogen and oxygen atoms in total. The topological polar surface area (TPSA) is 118 Å². The second kappa shape index (κ2) is 9.70. The molecule has 1 aliphatic rings. The van der Waals surface area contributed by atoms with Gasteiger partial charge in [0, 0.05) is 49.9 Å². The monoisotopic (exact) mass is 428 g/mol. The average molecular weight is 429 g/mol. The highest BCUT2D eigenvalue weighted by Crippen LogP contribution is 2.33. The summed E-state index contributed by atoms with van der Waals surface area (Å²) in [6.07, 6.45) is 18.7. The first-order valence-electron chi connectivity index (χ1n) is 10.3. The Morgan fingerprint density at radius 3 is 2.47 bits per heavy atom. The maximum atomic E-state index is 7.32. The van der Waals surface area contributed by atoms with E-state index in [2.05, 4.69) is 36.4 Å². The van der Waals surface area contributed by atoms with Gasteiger partial charge in [0.1, 0.15) is 0 Å². The summed E-state index contributed by atoms with van der Waals surface area (Å²) in [4.78, 5) is 4.88. The van der Waals surface area contributed by atoms with Gasteiger partial charge in [0.25, 0.3) is 0 Å². The Hall–Kier alpha value is -4.26. The molecule has 0 spiro atoms. The largest absolute Gasteiger partial charge is 0.286 e. The molecule has 1 N–H and O–H groups in total. The summed E-state index contributed by atoms with van der Waals surface area (Å²) >= 11 is 0. The number of hydrogen-bond donors (Lipinski definition) is 1. The molecule has 5 aromatic heterocycles. The van der Waals surface area contributed by atoms with Gasteiger partial charge in [-0.15, -0.1) is 0 Å². The third-order valence-corrected chi connectivity index (χ3v) is 5.12. The Morgan fingerprint density at radius 2 is 1.88 bits per heavy atom. The number of aromatic amines is 1. The molecule has 1 aliphatic carbocycles. The van der Waals surface area contributed by atoms with E-state index in [1.54, 1.807) is 29.3 Å². The number of H-pyrrole nitrogens is 1. The number of nitriles is 1. The SMILES string of the molecule is CC#N.Cn1cc(-c2cn3nccc3c(-c3cnn(C4CCC4)c3)n2)cn1.c1cn[nH]c1. The van der Waals surface area contributed by atoms with Crippen molar-refractivity contribution in [3.05, 3.63) is 61.7 Å². The first-order chi connectivity index (χ1) is 15.7. The molecule has 6 rings (SSSR count). The summed E-state index contributed by atoms with van der Waals surface area (Å²) in [7, 11) is 1.90. The van der Waals surface area contributed by atoms with Gasteiger partial charge in [0.15, 0.2) is 0 Å². The number of rotatable bonds is 3. The van der Waals surface area contributed by atoms with E-state index >= 15 is 0 Å². The standard InChI is InChI=1S/C17H17N7.C3H4N2.C2H3N/c1-22-9-12(7-19-22)15-11-24-16(5-6-18-24)17(21-15)13-8-20-23(10-13)14-3-2-4-14;1-2-4-5-3-1;1-2-3/h5-11,14H,2-4H2,1H3;1-3H,(H,4,5);1H3. The Bertz CT molecular complexity index is 1280. The molecule has 0 aromatic carbocycles. The van der Waals surface area contributed by atoms with Crippen LogP contribution in [0.4, 0.5) is 0 Å². The van der Waals surface area contributed by atoms with Crippen molar-refractivity contribution in [1.29, 1.82) is 5.26 Å². The molecule has 1 fully saturated rings. The van der Waals surface area contributed by atoms with Crippen LogP contribution in [0.1, 0.15) is 32.2 Å². The highest BCUT2D eigenvalue weighted by molar-refractivity contribution is 5.78. The van der Waals surface area contributed by atoms with Crippen molar-refractivity contribution in [2.45, 2.75) is 32.2 Å². The van der Waals surface area contributed by atoms with E-state index in [0.717, 1.165) is 28.0 Å². The number of hydrogen-bond acceptors (Lipinski definition) is 6. The number of aryl methyl sites for hydroxylation is 1. The van der Waals surface area contributed by atoms with Crippen molar-refractivity contribution in [3.63, 3.8) is 0 Å². The van der Waals surface area contributed by atoms with Crippen LogP contribution in [0, 0.1) is 11.3 Å². The van der Waals surface area contributed by atoms with Gasteiger partial charge >= 0.3 is 0 Å². The fourth-order valence-corrected chi connectivity index (χ4v) is 3.36. The van der Waals surface area contributed by atoms with E-state index in [4.69, 9.17) is 10.2 Å². The smallest absolute Gasteiger partial charge is 0.0999 e. The van der Waals surface area contributed by atoms with E-state index in [1.165, 1.54) is 26.2 Å². The first-order valence-corrected chi connectivity index (χ1v) is 10.3. The Morgan fingerprint density at radius 1 is 1.06 bits per heavy atom. The Labute approximate surface area is 185 Å². The van der Waals surface area contributed by atoms with E-state index < -0.39 is 0 Å². The van der Waals surface area contributed by atoms with E-state index in [1.807, 2.05) is 48.5 Å². The molecule has 0 amide bonds. The second-order valence-corrected chi connectivity index (χ2v) is 7.32. The summed E-state index contributed by atoms with van der Waals surface area (Å²) in [5, 5.41) is 26.7. The Balaban J connectivity index is 0.000000263. The lowest BCUT2D eigenvalue weighted by atomic mass is 9.93. The molecule has 0 saturated heterocycles. The maximum Gasteiger partial charge on any atom is 0.0999 e. The van der Waals surface area contributed by atoms with Gasteiger partial charge in [0.2, 0.25) is 0 Å². The summed E-state index contributed by atoms with van der Waals surface area (Å²) in [6, 6.07) is 6.11. The van der Waals surface area contributed by atoms with Crippen LogP contribution in [0.15, 0.2) is 61.7 Å². The van der Waals surface area contributed by atoms with Gasteiger partial charge in [-0.25, -0.2) is 9.50 Å². The molecular weight excluding hydrogens is 404 g/mol. The fourth-order valence-electron chi connectivity index (χ4n) is 3.36. The molecule has 5 heterocycles. The van der Waals surface area contributed by atoms with Gasteiger partial charge in [-0.1, -0.05) is 0 Å². The van der Waals surface area contributed by atoms with Crippen molar-refractivity contribution in [2.24, 2.45) is 7.05 Å². The zero-order valence-electron chi connectivity index (χ0n) is 18.0. The third-order valence-electron chi connectivity index (χ3n) is 5.12. The normalized spacial score (nSPS) is 12.8. The van der Waals surface area contributed by atoms with Crippen LogP contribution in [0.2, 0.25) is 0 Å². The molecule has 0 aliphatic heterocycles. The van der Waals surface area contributed by atoms with Crippen LogP contribution in [-0.2, 0) is 7.05 Å². The van der Waals surface area contributed by atoms with Gasteiger partial charge in [-0.05, 0) is 31.4 Å². The lowest BCUT2D eigenvalue weighted by molar-refractivity contribution is 0.289. The predicted octanol–water partition coefficient (Wildman–Crippen LogP) is 3.66. The summed E-state index contributed by atoms with van der Waals surface area (Å²) in [6.45, 7) is 1.43. The number of fused-ring (bicyclic) bond motifs is 1. The fraction of sp³-hybridized carbons (Fsp3) is 0.273. The van der Waals surface area contributed by atoms with Crippen LogP contribution in [-0.4, -0.2) is 44.4 Å². The van der Waals surface area contributed by atoms with Crippen molar-refractivity contribution in [1.82, 2.24) is 44.4 Å². The Kier molecular flexibility index (Phi) is 6.36. The molecule has 162 valence electrons. The van der Waals surface area contributed by atoms with Crippen LogP contribution >= 0.6 is 0 Å². The van der Waals surface area contributed by atoms with Crippen LogP contribution < -0.4 is 0 Å². The summed E-state index contributed by atoms with van der Waals surface area (Å²) in [5.41, 5.74) is 4.74. The van der Waals surface area contributed by atoms with Crippen LogP contribution in [0.5, 0.6) is 0 Å². The number of nitrogens with zero attached hydrogens (tertiary/aromatic N) is 9. The van der Waals surface area contributed by atoms with Gasteiger partial charge in [-0.2, -0.15) is 25.7 Å². The summed E-state index contributed by atoms with van der Waals surface area (Å²) < 4.78 is 5.72. The van der Waals surface area contributed by atoms with Gasteiger partial charge in [-0.3, -0.25) is 14.5 Å². The highest BCUT2D eigenvalue weighted by atomic mass is 15.3. The second-order valence-electron chi connectivity index (χ2n) is 7.32. The zero-order valence-corrected chi connectivity index (χ0v) is 18.0. The van der Waals surface area contributed by atoms with E-state index in [-0.39, 0.29) is 0 Å².